The van der Waals surface area contributed by atoms with E-state index in [0.29, 0.717) is 18.7 Å². The van der Waals surface area contributed by atoms with Crippen molar-refractivity contribution in [3.05, 3.63) is 88.7 Å². The lowest BCUT2D eigenvalue weighted by atomic mass is 9.86. The minimum atomic E-state index is -4.38. The zero-order chi connectivity index (χ0) is 20.6. The van der Waals surface area contributed by atoms with Gasteiger partial charge in [-0.15, -0.1) is 0 Å². The van der Waals surface area contributed by atoms with Crippen LogP contribution in [0.15, 0.2) is 60.9 Å². The Morgan fingerprint density at radius 1 is 1.14 bits per heavy atom. The number of fused-ring (bicyclic) bond motifs is 1. The molecule has 4 rings (SSSR count). The molecule has 0 N–H and O–H groups in total. The van der Waals surface area contributed by atoms with Crippen molar-refractivity contribution in [3.63, 3.8) is 0 Å². The van der Waals surface area contributed by atoms with Crippen molar-refractivity contribution >= 4 is 5.91 Å². The molecule has 1 unspecified atom stereocenters. The molecule has 1 aliphatic rings. The van der Waals surface area contributed by atoms with Crippen molar-refractivity contribution in [1.82, 2.24) is 14.7 Å². The molecule has 1 amide bonds. The minimum absolute atomic E-state index is 0.0187. The summed E-state index contributed by atoms with van der Waals surface area (Å²) in [5.41, 5.74) is 3.15. The van der Waals surface area contributed by atoms with Gasteiger partial charge in [-0.2, -0.15) is 18.3 Å². The summed E-state index contributed by atoms with van der Waals surface area (Å²) >= 11 is 0. The van der Waals surface area contributed by atoms with Gasteiger partial charge in [-0.3, -0.25) is 9.48 Å². The highest BCUT2D eigenvalue weighted by Crippen LogP contribution is 2.34. The van der Waals surface area contributed by atoms with E-state index in [9.17, 15) is 18.0 Å². The molecule has 1 aliphatic heterocycles. The van der Waals surface area contributed by atoms with E-state index in [2.05, 4.69) is 11.2 Å². The Hall–Kier alpha value is -3.09. The molecule has 0 spiro atoms. The first-order valence-electron chi connectivity index (χ1n) is 9.31. The Morgan fingerprint density at radius 2 is 1.86 bits per heavy atom. The van der Waals surface area contributed by atoms with E-state index in [-0.39, 0.29) is 18.2 Å². The lowest BCUT2D eigenvalue weighted by Crippen LogP contribution is -2.39. The van der Waals surface area contributed by atoms with E-state index < -0.39 is 11.7 Å². The van der Waals surface area contributed by atoms with Gasteiger partial charge in [0.25, 0.3) is 0 Å². The molecule has 1 atom stereocenters. The molecule has 0 saturated carbocycles. The third kappa shape index (κ3) is 4.04. The monoisotopic (exact) mass is 399 g/mol. The molecule has 2 heterocycles. The third-order valence-corrected chi connectivity index (χ3v) is 5.31. The number of carbonyl (C=O) groups excluding carboxylic acids is 1. The summed E-state index contributed by atoms with van der Waals surface area (Å²) in [6.07, 6.45) is -0.549. The molecule has 2 aromatic carbocycles. The smallest absolute Gasteiger partial charge is 0.337 e. The molecule has 7 heteroatoms. The van der Waals surface area contributed by atoms with Crippen molar-refractivity contribution in [3.8, 4) is 0 Å². The largest absolute Gasteiger partial charge is 0.416 e. The number of nitrogens with zero attached hydrogens (tertiary/aromatic N) is 3. The van der Waals surface area contributed by atoms with Gasteiger partial charge in [0.1, 0.15) is 0 Å². The van der Waals surface area contributed by atoms with Crippen LogP contribution >= 0.6 is 0 Å². The molecule has 4 nitrogen and oxygen atoms in total. The van der Waals surface area contributed by atoms with Crippen LogP contribution in [0, 0.1) is 0 Å². The first-order valence-corrected chi connectivity index (χ1v) is 9.31. The number of hydrogen-bond donors (Lipinski definition) is 0. The fraction of sp³-hybridized carbons (Fsp3) is 0.273. The summed E-state index contributed by atoms with van der Waals surface area (Å²) in [5.74, 6) is -0.0849. The summed E-state index contributed by atoms with van der Waals surface area (Å²) in [6, 6.07) is 12.8. The number of benzene rings is 2. The fourth-order valence-corrected chi connectivity index (χ4v) is 3.80. The Labute approximate surface area is 166 Å². The number of alkyl halides is 3. The fourth-order valence-electron chi connectivity index (χ4n) is 3.80. The molecule has 0 aliphatic carbocycles. The molecule has 3 aromatic rings. The lowest BCUT2D eigenvalue weighted by molar-refractivity contribution is -0.137. The van der Waals surface area contributed by atoms with Gasteiger partial charge in [0.15, 0.2) is 0 Å². The van der Waals surface area contributed by atoms with Crippen LogP contribution in [-0.2, 0) is 31.0 Å². The lowest BCUT2D eigenvalue weighted by Gasteiger charge is -2.34. The number of aryl methyl sites for hydroxylation is 1. The van der Waals surface area contributed by atoms with Crippen molar-refractivity contribution in [1.29, 1.82) is 0 Å². The van der Waals surface area contributed by atoms with Gasteiger partial charge in [0.2, 0.25) is 5.91 Å². The summed E-state index contributed by atoms with van der Waals surface area (Å²) in [7, 11) is 1.85. The van der Waals surface area contributed by atoms with Gasteiger partial charge in [-0.25, -0.2) is 0 Å². The maximum atomic E-state index is 12.9. The highest BCUT2D eigenvalue weighted by atomic mass is 19.4. The highest BCUT2D eigenvalue weighted by Gasteiger charge is 2.31. The molecule has 29 heavy (non-hydrogen) atoms. The quantitative estimate of drug-likeness (QED) is 0.664. The normalized spacial score (nSPS) is 16.6. The first kappa shape index (κ1) is 19.2. The summed E-state index contributed by atoms with van der Waals surface area (Å²) in [4.78, 5) is 14.7. The Bertz CT molecular complexity index is 1020. The highest BCUT2D eigenvalue weighted by molar-refractivity contribution is 5.79. The number of carbonyl (C=O) groups is 1. The van der Waals surface area contributed by atoms with Crippen LogP contribution in [0.5, 0.6) is 0 Å². The van der Waals surface area contributed by atoms with Gasteiger partial charge in [-0.05, 0) is 34.4 Å². The van der Waals surface area contributed by atoms with E-state index in [4.69, 9.17) is 0 Å². The standard InChI is InChI=1S/C22H20F3N3O/c1-27-12-17(11-26-27)20-14-28(13-16-4-2-3-5-19(16)20)21(29)10-15-6-8-18(9-7-15)22(23,24)25/h2-9,11-12,20H,10,13-14H2,1H3. The van der Waals surface area contributed by atoms with Gasteiger partial charge in [0.05, 0.1) is 18.2 Å². The summed E-state index contributed by atoms with van der Waals surface area (Å²) in [5, 5.41) is 4.25. The van der Waals surface area contributed by atoms with Gasteiger partial charge >= 0.3 is 6.18 Å². The van der Waals surface area contributed by atoms with Crippen molar-refractivity contribution in [2.24, 2.45) is 7.05 Å². The molecular formula is C22H20F3N3O. The molecule has 0 bridgehead atoms. The number of aromatic nitrogens is 2. The number of hydrogen-bond acceptors (Lipinski definition) is 2. The molecule has 1 aromatic heterocycles. The zero-order valence-electron chi connectivity index (χ0n) is 15.9. The molecule has 150 valence electrons. The summed E-state index contributed by atoms with van der Waals surface area (Å²) in [6.45, 7) is 1.01. The molecule has 0 radical (unpaired) electrons. The second kappa shape index (κ2) is 7.39. The average molecular weight is 399 g/mol. The van der Waals surface area contributed by atoms with E-state index in [1.54, 1.807) is 9.58 Å². The van der Waals surface area contributed by atoms with Crippen LogP contribution in [-0.4, -0.2) is 27.1 Å². The second-order valence-corrected chi connectivity index (χ2v) is 7.34. The van der Waals surface area contributed by atoms with Gasteiger partial charge in [-0.1, -0.05) is 36.4 Å². The Morgan fingerprint density at radius 3 is 2.52 bits per heavy atom. The number of amides is 1. The number of halogens is 3. The predicted octanol–water partition coefficient (Wildman–Crippen LogP) is 4.16. The zero-order valence-corrected chi connectivity index (χ0v) is 15.9. The topological polar surface area (TPSA) is 38.1 Å². The Kier molecular flexibility index (Phi) is 4.90. The van der Waals surface area contributed by atoms with Crippen LogP contribution in [0.4, 0.5) is 13.2 Å². The van der Waals surface area contributed by atoms with Gasteiger partial charge < -0.3 is 4.90 Å². The molecule has 0 fully saturated rings. The number of rotatable bonds is 3. The van der Waals surface area contributed by atoms with Crippen LogP contribution < -0.4 is 0 Å². The van der Waals surface area contributed by atoms with E-state index >= 15 is 0 Å². The molecule has 0 saturated heterocycles. The van der Waals surface area contributed by atoms with E-state index in [1.165, 1.54) is 17.7 Å². The Balaban J connectivity index is 1.55. The van der Waals surface area contributed by atoms with Crippen LogP contribution in [0.25, 0.3) is 0 Å². The van der Waals surface area contributed by atoms with Crippen LogP contribution in [0.1, 0.15) is 33.7 Å². The van der Waals surface area contributed by atoms with E-state index in [1.807, 2.05) is 37.6 Å². The average Bonchev–Trinajstić information content (AvgIpc) is 3.13. The van der Waals surface area contributed by atoms with Crippen LogP contribution in [0.3, 0.4) is 0 Å². The van der Waals surface area contributed by atoms with Gasteiger partial charge in [0, 0.05) is 32.3 Å². The third-order valence-electron chi connectivity index (χ3n) is 5.31. The SMILES string of the molecule is Cn1cc(C2CN(C(=O)Cc3ccc(C(F)(F)F)cc3)Cc3ccccc32)cn1. The first-order chi connectivity index (χ1) is 13.8. The minimum Gasteiger partial charge on any atom is -0.337 e. The van der Waals surface area contributed by atoms with Crippen molar-refractivity contribution in [2.45, 2.75) is 25.1 Å². The molecular weight excluding hydrogens is 379 g/mol. The van der Waals surface area contributed by atoms with Crippen LogP contribution in [0.2, 0.25) is 0 Å². The predicted molar refractivity (Wildman–Crippen MR) is 102 cm³/mol. The maximum Gasteiger partial charge on any atom is 0.416 e. The summed E-state index contributed by atoms with van der Waals surface area (Å²) < 4.78 is 39.9. The van der Waals surface area contributed by atoms with Crippen molar-refractivity contribution < 1.29 is 18.0 Å². The maximum absolute atomic E-state index is 12.9. The second-order valence-electron chi connectivity index (χ2n) is 7.34. The van der Waals surface area contributed by atoms with Crippen molar-refractivity contribution in [2.75, 3.05) is 6.54 Å². The van der Waals surface area contributed by atoms with E-state index in [0.717, 1.165) is 23.3 Å².